The van der Waals surface area contributed by atoms with Crippen LogP contribution in [0.2, 0.25) is 0 Å². The number of carbonyl (C=O) groups is 1. The van der Waals surface area contributed by atoms with Crippen molar-refractivity contribution in [3.63, 3.8) is 0 Å². The first-order valence-corrected chi connectivity index (χ1v) is 7.73. The molecule has 0 unspecified atom stereocenters. The Balaban J connectivity index is 2.03. The zero-order valence-electron chi connectivity index (χ0n) is 10.8. The van der Waals surface area contributed by atoms with Crippen LogP contribution < -0.4 is 0 Å². The van der Waals surface area contributed by atoms with Crippen molar-refractivity contribution in [2.45, 2.75) is 11.5 Å². The molecule has 0 saturated heterocycles. The van der Waals surface area contributed by atoms with E-state index in [1.807, 2.05) is 0 Å². The fourth-order valence-corrected chi connectivity index (χ4v) is 2.18. The van der Waals surface area contributed by atoms with E-state index < -0.39 is 15.8 Å². The van der Waals surface area contributed by atoms with Crippen LogP contribution in [0.25, 0.3) is 0 Å². The zero-order chi connectivity index (χ0) is 14.6. The van der Waals surface area contributed by atoms with E-state index in [9.17, 15) is 13.2 Å². The number of hydrogen-bond donors (Lipinski definition) is 0. The van der Waals surface area contributed by atoms with Gasteiger partial charge >= 0.3 is 5.97 Å². The molecule has 20 heavy (non-hydrogen) atoms. The molecule has 0 atom stereocenters. The quantitative estimate of drug-likeness (QED) is 0.804. The Labute approximate surface area is 117 Å². The van der Waals surface area contributed by atoms with Gasteiger partial charge in [0.2, 0.25) is 0 Å². The second-order valence-electron chi connectivity index (χ2n) is 4.19. The van der Waals surface area contributed by atoms with Gasteiger partial charge in [0.1, 0.15) is 6.61 Å². The summed E-state index contributed by atoms with van der Waals surface area (Å²) in [4.78, 5) is 16.0. The summed E-state index contributed by atoms with van der Waals surface area (Å²) in [6.07, 6.45) is 2.73. The number of nitrogens with zero attached hydrogens (tertiary/aromatic N) is 1. The van der Waals surface area contributed by atoms with Gasteiger partial charge in [-0.15, -0.1) is 0 Å². The van der Waals surface area contributed by atoms with Crippen molar-refractivity contribution in [2.24, 2.45) is 0 Å². The van der Waals surface area contributed by atoms with Gasteiger partial charge in [0.15, 0.2) is 9.84 Å². The number of esters is 1. The standard InChI is InChI=1S/C14H13NO4S/c1-20(17,18)13-7-5-11(6-8-13)14(16)19-10-12-4-2-3-9-15-12/h2-9H,10H2,1H3. The fraction of sp³-hybridized carbons (Fsp3) is 0.143. The van der Waals surface area contributed by atoms with E-state index >= 15 is 0 Å². The Bertz CT molecular complexity index is 694. The molecule has 0 N–H and O–H groups in total. The predicted molar refractivity (Wildman–Crippen MR) is 72.9 cm³/mol. The summed E-state index contributed by atoms with van der Waals surface area (Å²) in [5.74, 6) is -0.518. The van der Waals surface area contributed by atoms with Crippen LogP contribution >= 0.6 is 0 Å². The van der Waals surface area contributed by atoms with Gasteiger partial charge in [-0.1, -0.05) is 6.07 Å². The average Bonchev–Trinajstić information content (AvgIpc) is 2.45. The van der Waals surface area contributed by atoms with Crippen LogP contribution in [0.15, 0.2) is 53.6 Å². The molecule has 0 radical (unpaired) electrons. The molecule has 0 amide bonds. The molecule has 0 saturated carbocycles. The lowest BCUT2D eigenvalue weighted by Crippen LogP contribution is -2.06. The molecule has 1 heterocycles. The van der Waals surface area contributed by atoms with Gasteiger partial charge < -0.3 is 4.74 Å². The molecule has 2 aromatic rings. The second kappa shape index (κ2) is 5.83. The van der Waals surface area contributed by atoms with Crippen molar-refractivity contribution in [3.8, 4) is 0 Å². The monoisotopic (exact) mass is 291 g/mol. The molecule has 1 aromatic carbocycles. The summed E-state index contributed by atoms with van der Waals surface area (Å²) in [5, 5.41) is 0. The Kier molecular flexibility index (Phi) is 4.14. The molecule has 0 fully saturated rings. The van der Waals surface area contributed by atoms with E-state index in [2.05, 4.69) is 4.98 Å². The molecule has 6 heteroatoms. The molecular formula is C14H13NO4S. The number of benzene rings is 1. The van der Waals surface area contributed by atoms with Gasteiger partial charge in [-0.05, 0) is 36.4 Å². The van der Waals surface area contributed by atoms with E-state index in [0.717, 1.165) is 6.26 Å². The Hall–Kier alpha value is -2.21. The van der Waals surface area contributed by atoms with Gasteiger partial charge in [-0.3, -0.25) is 4.98 Å². The van der Waals surface area contributed by atoms with Crippen molar-refractivity contribution in [1.29, 1.82) is 0 Å². The Morgan fingerprint density at radius 3 is 2.40 bits per heavy atom. The van der Waals surface area contributed by atoms with E-state index in [-0.39, 0.29) is 11.5 Å². The largest absolute Gasteiger partial charge is 0.456 e. The molecule has 0 aliphatic rings. The highest BCUT2D eigenvalue weighted by Gasteiger charge is 2.11. The number of pyridine rings is 1. The normalized spacial score (nSPS) is 11.1. The van der Waals surface area contributed by atoms with E-state index in [1.54, 1.807) is 24.4 Å². The number of aromatic nitrogens is 1. The Morgan fingerprint density at radius 1 is 1.15 bits per heavy atom. The highest BCUT2D eigenvalue weighted by molar-refractivity contribution is 7.90. The second-order valence-corrected chi connectivity index (χ2v) is 6.21. The third-order valence-electron chi connectivity index (χ3n) is 2.60. The molecule has 0 aliphatic carbocycles. The van der Waals surface area contributed by atoms with Crippen LogP contribution in [0.3, 0.4) is 0 Å². The van der Waals surface area contributed by atoms with Crippen LogP contribution in [0.4, 0.5) is 0 Å². The third kappa shape index (κ3) is 3.64. The summed E-state index contributed by atoms with van der Waals surface area (Å²) in [5.41, 5.74) is 0.946. The minimum absolute atomic E-state index is 0.0769. The lowest BCUT2D eigenvalue weighted by molar-refractivity contribution is 0.0467. The summed E-state index contributed by atoms with van der Waals surface area (Å²) < 4.78 is 27.7. The minimum atomic E-state index is -3.26. The molecule has 0 spiro atoms. The maximum absolute atomic E-state index is 11.8. The zero-order valence-corrected chi connectivity index (χ0v) is 11.6. The lowest BCUT2D eigenvalue weighted by atomic mass is 10.2. The summed E-state index contributed by atoms with van der Waals surface area (Å²) in [6.45, 7) is 0.0769. The van der Waals surface area contributed by atoms with E-state index in [1.165, 1.54) is 24.3 Å². The third-order valence-corrected chi connectivity index (χ3v) is 3.72. The average molecular weight is 291 g/mol. The van der Waals surface area contributed by atoms with E-state index in [4.69, 9.17) is 4.74 Å². The van der Waals surface area contributed by atoms with Gasteiger partial charge in [0.05, 0.1) is 16.2 Å². The molecule has 0 bridgehead atoms. The van der Waals surface area contributed by atoms with Crippen molar-refractivity contribution in [3.05, 3.63) is 59.9 Å². The van der Waals surface area contributed by atoms with Crippen LogP contribution in [-0.4, -0.2) is 25.6 Å². The minimum Gasteiger partial charge on any atom is -0.456 e. The highest BCUT2D eigenvalue weighted by atomic mass is 32.2. The van der Waals surface area contributed by atoms with Crippen LogP contribution in [0, 0.1) is 0 Å². The summed E-state index contributed by atoms with van der Waals surface area (Å²) in [6, 6.07) is 10.9. The molecule has 1 aromatic heterocycles. The maximum atomic E-state index is 11.8. The topological polar surface area (TPSA) is 73.3 Å². The van der Waals surface area contributed by atoms with Crippen LogP contribution in [0.5, 0.6) is 0 Å². The van der Waals surface area contributed by atoms with Crippen molar-refractivity contribution in [1.82, 2.24) is 4.98 Å². The van der Waals surface area contributed by atoms with Gasteiger partial charge in [0, 0.05) is 12.5 Å². The van der Waals surface area contributed by atoms with Gasteiger partial charge in [-0.25, -0.2) is 13.2 Å². The SMILES string of the molecule is CS(=O)(=O)c1ccc(C(=O)OCc2ccccn2)cc1. The summed E-state index contributed by atoms with van der Waals surface area (Å²) in [7, 11) is -3.26. The number of hydrogen-bond acceptors (Lipinski definition) is 5. The Morgan fingerprint density at radius 2 is 1.85 bits per heavy atom. The predicted octanol–water partition coefficient (Wildman–Crippen LogP) is 1.84. The number of carbonyl (C=O) groups excluding carboxylic acids is 1. The molecular weight excluding hydrogens is 278 g/mol. The maximum Gasteiger partial charge on any atom is 0.338 e. The highest BCUT2D eigenvalue weighted by Crippen LogP contribution is 2.11. The van der Waals surface area contributed by atoms with Crippen LogP contribution in [0.1, 0.15) is 16.1 Å². The number of sulfone groups is 1. The lowest BCUT2D eigenvalue weighted by Gasteiger charge is -2.05. The first-order valence-electron chi connectivity index (χ1n) is 5.84. The first-order chi connectivity index (χ1) is 9.47. The number of rotatable bonds is 4. The van der Waals surface area contributed by atoms with Crippen molar-refractivity contribution in [2.75, 3.05) is 6.26 Å². The fourth-order valence-electron chi connectivity index (χ4n) is 1.54. The van der Waals surface area contributed by atoms with Gasteiger partial charge in [0.25, 0.3) is 0 Å². The molecule has 104 valence electrons. The van der Waals surface area contributed by atoms with Crippen molar-refractivity contribution < 1.29 is 17.9 Å². The summed E-state index contributed by atoms with van der Waals surface area (Å²) >= 11 is 0. The van der Waals surface area contributed by atoms with E-state index in [0.29, 0.717) is 11.3 Å². The van der Waals surface area contributed by atoms with Gasteiger partial charge in [-0.2, -0.15) is 0 Å². The smallest absolute Gasteiger partial charge is 0.338 e. The first kappa shape index (κ1) is 14.2. The molecule has 2 rings (SSSR count). The number of ether oxygens (including phenoxy) is 1. The molecule has 5 nitrogen and oxygen atoms in total. The molecule has 0 aliphatic heterocycles. The van der Waals surface area contributed by atoms with Crippen LogP contribution in [-0.2, 0) is 21.2 Å². The van der Waals surface area contributed by atoms with Crippen molar-refractivity contribution >= 4 is 15.8 Å².